The maximum atomic E-state index is 13.0. The van der Waals surface area contributed by atoms with E-state index in [2.05, 4.69) is 9.72 Å². The first-order chi connectivity index (χ1) is 8.26. The Morgan fingerprint density at radius 3 is 2.44 bits per heavy atom. The van der Waals surface area contributed by atoms with Crippen LogP contribution in [-0.2, 0) is 6.42 Å². The van der Waals surface area contributed by atoms with Crippen LogP contribution in [0.3, 0.4) is 0 Å². The highest BCUT2D eigenvalue weighted by molar-refractivity contribution is 5.38. The number of rotatable bonds is 3. The number of hydrogen-bond acceptors (Lipinski definition) is 3. The van der Waals surface area contributed by atoms with Crippen LogP contribution >= 0.6 is 0 Å². The van der Waals surface area contributed by atoms with Crippen molar-refractivity contribution in [3.8, 4) is 11.9 Å². The van der Waals surface area contributed by atoms with Crippen molar-refractivity contribution in [2.24, 2.45) is 0 Å². The molecular formula is C9H4F6N2O. The Balaban J connectivity index is 3.35. The van der Waals surface area contributed by atoms with Crippen molar-refractivity contribution in [1.29, 1.82) is 5.26 Å². The van der Waals surface area contributed by atoms with E-state index in [9.17, 15) is 26.3 Å². The minimum atomic E-state index is -5.17. The molecule has 0 saturated carbocycles. The molecule has 0 spiro atoms. The first-order valence-electron chi connectivity index (χ1n) is 4.34. The Hall–Kier alpha value is -1.98. The summed E-state index contributed by atoms with van der Waals surface area (Å²) in [4.78, 5) is 2.92. The zero-order valence-corrected chi connectivity index (χ0v) is 8.43. The Bertz CT molecular complexity index is 479. The normalized spacial score (nSPS) is 11.4. The maximum absolute atomic E-state index is 13.0. The molecule has 9 heteroatoms. The SMILES string of the molecule is N#CCc1c(OC(F)(F)F)ncc(F)c1C(F)F. The number of halogens is 6. The molecule has 0 amide bonds. The number of ether oxygens (including phenoxy) is 1. The van der Waals surface area contributed by atoms with Crippen LogP contribution in [0.4, 0.5) is 26.3 Å². The van der Waals surface area contributed by atoms with E-state index in [0.717, 1.165) is 0 Å². The van der Waals surface area contributed by atoms with Crippen LogP contribution in [0, 0.1) is 17.1 Å². The molecule has 0 bridgehead atoms. The van der Waals surface area contributed by atoms with Crippen molar-refractivity contribution in [1.82, 2.24) is 4.98 Å². The van der Waals surface area contributed by atoms with Gasteiger partial charge >= 0.3 is 6.36 Å². The van der Waals surface area contributed by atoms with E-state index in [1.165, 1.54) is 6.07 Å². The van der Waals surface area contributed by atoms with Crippen LogP contribution < -0.4 is 4.74 Å². The number of hydrogen-bond donors (Lipinski definition) is 0. The highest BCUT2D eigenvalue weighted by Gasteiger charge is 2.34. The van der Waals surface area contributed by atoms with E-state index >= 15 is 0 Å². The summed E-state index contributed by atoms with van der Waals surface area (Å²) in [6, 6.07) is 1.35. The van der Waals surface area contributed by atoms with Gasteiger partial charge in [0.25, 0.3) is 6.43 Å². The molecule has 0 unspecified atom stereocenters. The van der Waals surface area contributed by atoms with Crippen LogP contribution in [0.2, 0.25) is 0 Å². The van der Waals surface area contributed by atoms with E-state index in [1.54, 1.807) is 0 Å². The lowest BCUT2D eigenvalue weighted by Crippen LogP contribution is -2.20. The van der Waals surface area contributed by atoms with Crippen molar-refractivity contribution in [3.63, 3.8) is 0 Å². The molecule has 3 nitrogen and oxygen atoms in total. The van der Waals surface area contributed by atoms with Gasteiger partial charge in [-0.2, -0.15) is 5.26 Å². The van der Waals surface area contributed by atoms with Crippen molar-refractivity contribution < 1.29 is 31.1 Å². The average molecular weight is 270 g/mol. The van der Waals surface area contributed by atoms with Gasteiger partial charge in [-0.1, -0.05) is 0 Å². The van der Waals surface area contributed by atoms with Gasteiger partial charge in [-0.25, -0.2) is 18.2 Å². The fraction of sp³-hybridized carbons (Fsp3) is 0.333. The van der Waals surface area contributed by atoms with Gasteiger partial charge in [0.2, 0.25) is 5.88 Å². The summed E-state index contributed by atoms with van der Waals surface area (Å²) in [6.45, 7) is 0. The molecule has 1 aromatic rings. The maximum Gasteiger partial charge on any atom is 0.574 e. The Morgan fingerprint density at radius 1 is 1.39 bits per heavy atom. The molecule has 0 aliphatic rings. The van der Waals surface area contributed by atoms with Crippen LogP contribution in [0.25, 0.3) is 0 Å². The Labute approximate surface area is 96.6 Å². The first kappa shape index (κ1) is 14.1. The summed E-state index contributed by atoms with van der Waals surface area (Å²) < 4.78 is 77.3. The van der Waals surface area contributed by atoms with E-state index in [4.69, 9.17) is 5.26 Å². The fourth-order valence-corrected chi connectivity index (χ4v) is 1.21. The van der Waals surface area contributed by atoms with Gasteiger partial charge in [-0.15, -0.1) is 13.2 Å². The molecule has 1 aromatic heterocycles. The topological polar surface area (TPSA) is 45.9 Å². The smallest absolute Gasteiger partial charge is 0.388 e. The number of nitrogens with zero attached hydrogens (tertiary/aromatic N) is 2. The Kier molecular flexibility index (Phi) is 4.00. The predicted molar refractivity (Wildman–Crippen MR) is 45.2 cm³/mol. The van der Waals surface area contributed by atoms with Gasteiger partial charge < -0.3 is 4.74 Å². The highest BCUT2D eigenvalue weighted by Crippen LogP contribution is 2.33. The fourth-order valence-electron chi connectivity index (χ4n) is 1.21. The van der Waals surface area contributed by atoms with Crippen LogP contribution in [0.5, 0.6) is 5.88 Å². The molecule has 1 rings (SSSR count). The summed E-state index contributed by atoms with van der Waals surface area (Å²) in [6.07, 6.45) is -9.25. The number of nitriles is 1. The van der Waals surface area contributed by atoms with Gasteiger partial charge in [0.15, 0.2) is 5.82 Å². The molecule has 98 valence electrons. The van der Waals surface area contributed by atoms with Gasteiger partial charge in [-0.05, 0) is 0 Å². The van der Waals surface area contributed by atoms with E-state index in [1.807, 2.05) is 0 Å². The van der Waals surface area contributed by atoms with Crippen molar-refractivity contribution >= 4 is 0 Å². The highest BCUT2D eigenvalue weighted by atomic mass is 19.4. The summed E-state index contributed by atoms with van der Waals surface area (Å²) in [5.74, 6) is -2.74. The predicted octanol–water partition coefficient (Wildman–Crippen LogP) is 3.12. The quantitative estimate of drug-likeness (QED) is 0.793. The number of alkyl halides is 5. The standard InChI is InChI=1S/C9H4F6N2O/c10-5-3-17-8(18-9(13,14)15)4(1-2-16)6(5)7(11)12/h3,7H,1H2. The monoisotopic (exact) mass is 270 g/mol. The van der Waals surface area contributed by atoms with Gasteiger partial charge in [-0.3, -0.25) is 0 Å². The molecule has 0 N–H and O–H groups in total. The molecule has 0 radical (unpaired) electrons. The second kappa shape index (κ2) is 5.12. The minimum absolute atomic E-state index is 0.184. The van der Waals surface area contributed by atoms with Crippen LogP contribution in [0.15, 0.2) is 6.20 Å². The molecule has 0 aliphatic carbocycles. The first-order valence-corrected chi connectivity index (χ1v) is 4.34. The van der Waals surface area contributed by atoms with Gasteiger partial charge in [0.05, 0.1) is 24.3 Å². The zero-order chi connectivity index (χ0) is 13.9. The third-order valence-electron chi connectivity index (χ3n) is 1.82. The molecule has 0 aromatic carbocycles. The molecule has 0 saturated heterocycles. The van der Waals surface area contributed by atoms with Crippen molar-refractivity contribution in [2.45, 2.75) is 19.2 Å². The summed E-state index contributed by atoms with van der Waals surface area (Å²) >= 11 is 0. The average Bonchev–Trinajstić information content (AvgIpc) is 2.20. The summed E-state index contributed by atoms with van der Waals surface area (Å²) in [5, 5.41) is 8.36. The Morgan fingerprint density at radius 2 is 2.00 bits per heavy atom. The summed E-state index contributed by atoms with van der Waals surface area (Å²) in [7, 11) is 0. The third-order valence-corrected chi connectivity index (χ3v) is 1.82. The molecule has 1 heterocycles. The zero-order valence-electron chi connectivity index (χ0n) is 8.43. The molecular weight excluding hydrogens is 266 g/mol. The van der Waals surface area contributed by atoms with Crippen LogP contribution in [-0.4, -0.2) is 11.3 Å². The minimum Gasteiger partial charge on any atom is -0.388 e. The largest absolute Gasteiger partial charge is 0.574 e. The van der Waals surface area contributed by atoms with Crippen molar-refractivity contribution in [2.75, 3.05) is 0 Å². The summed E-state index contributed by atoms with van der Waals surface area (Å²) in [5.41, 5.74) is -2.23. The molecule has 0 aliphatic heterocycles. The second-order valence-electron chi connectivity index (χ2n) is 2.99. The lowest BCUT2D eigenvalue weighted by atomic mass is 10.1. The molecule has 18 heavy (non-hydrogen) atoms. The van der Waals surface area contributed by atoms with E-state index in [0.29, 0.717) is 0 Å². The van der Waals surface area contributed by atoms with E-state index < -0.39 is 42.0 Å². The second-order valence-corrected chi connectivity index (χ2v) is 2.99. The van der Waals surface area contributed by atoms with E-state index in [-0.39, 0.29) is 6.20 Å². The lowest BCUT2D eigenvalue weighted by molar-refractivity contribution is -0.276. The third kappa shape index (κ3) is 3.26. The lowest BCUT2D eigenvalue weighted by Gasteiger charge is -2.14. The van der Waals surface area contributed by atoms with Crippen LogP contribution in [0.1, 0.15) is 17.6 Å². The molecule has 0 atom stereocenters. The van der Waals surface area contributed by atoms with Gasteiger partial charge in [0.1, 0.15) is 0 Å². The van der Waals surface area contributed by atoms with Crippen molar-refractivity contribution in [3.05, 3.63) is 23.1 Å². The number of pyridine rings is 1. The number of aromatic nitrogens is 1. The molecule has 0 fully saturated rings. The van der Waals surface area contributed by atoms with Gasteiger partial charge in [0, 0.05) is 5.56 Å².